The van der Waals surface area contributed by atoms with Crippen molar-refractivity contribution in [2.45, 2.75) is 24.8 Å². The lowest BCUT2D eigenvalue weighted by molar-refractivity contribution is -0.136. The largest absolute Gasteiger partial charge is 0.465 e. The van der Waals surface area contributed by atoms with Crippen LogP contribution in [0.1, 0.15) is 24.0 Å². The van der Waals surface area contributed by atoms with E-state index in [4.69, 9.17) is 20.8 Å². The van der Waals surface area contributed by atoms with Gasteiger partial charge in [0.15, 0.2) is 0 Å². The fourth-order valence-corrected chi connectivity index (χ4v) is 5.07. The zero-order valence-electron chi connectivity index (χ0n) is 20.2. The summed E-state index contributed by atoms with van der Waals surface area (Å²) in [5.41, 5.74) is 1.89. The fraction of sp³-hybridized carbons (Fsp3) is 0.185. The Kier molecular flexibility index (Phi) is 7.97. The Morgan fingerprint density at radius 2 is 1.78 bits per heavy atom. The monoisotopic (exact) mass is 540 g/mol. The van der Waals surface area contributed by atoms with Crippen molar-refractivity contribution in [3.05, 3.63) is 106 Å². The van der Waals surface area contributed by atoms with Gasteiger partial charge in [-0.25, -0.2) is 17.9 Å². The lowest BCUT2D eigenvalue weighted by Gasteiger charge is -2.17. The van der Waals surface area contributed by atoms with Gasteiger partial charge in [-0.05, 0) is 61.4 Å². The van der Waals surface area contributed by atoms with Crippen LogP contribution < -0.4 is 4.72 Å². The van der Waals surface area contributed by atoms with Gasteiger partial charge in [0.25, 0.3) is 5.91 Å². The molecular weight excluding hydrogens is 516 g/mol. The first kappa shape index (κ1) is 26.4. The summed E-state index contributed by atoms with van der Waals surface area (Å²) in [5, 5.41) is 0.429. The minimum atomic E-state index is -3.78. The molecule has 0 unspecified atom stereocenters. The molecule has 0 spiro atoms. The fourth-order valence-electron chi connectivity index (χ4n) is 3.96. The summed E-state index contributed by atoms with van der Waals surface area (Å²) in [6, 6.07) is 18.7. The summed E-state index contributed by atoms with van der Waals surface area (Å²) in [5.74, 6) is -0.337. The van der Waals surface area contributed by atoms with Crippen LogP contribution in [0.3, 0.4) is 0 Å². The summed E-state index contributed by atoms with van der Waals surface area (Å²) >= 11 is 5.83. The smallest absolute Gasteiger partial charge is 0.340 e. The Morgan fingerprint density at radius 3 is 2.46 bits per heavy atom. The predicted octanol–water partition coefficient (Wildman–Crippen LogP) is 4.33. The van der Waals surface area contributed by atoms with Gasteiger partial charge in [0.1, 0.15) is 11.5 Å². The second-order valence-electron chi connectivity index (χ2n) is 8.28. The van der Waals surface area contributed by atoms with E-state index in [0.717, 1.165) is 5.56 Å². The van der Waals surface area contributed by atoms with Crippen LogP contribution >= 0.6 is 11.6 Å². The molecule has 1 N–H and O–H groups in total. The number of nitrogens with one attached hydrogen (secondary N) is 1. The number of esters is 1. The Labute approximate surface area is 220 Å². The lowest BCUT2D eigenvalue weighted by atomic mass is 10.1. The normalized spacial score (nSPS) is 15.1. The van der Waals surface area contributed by atoms with Gasteiger partial charge in [0.2, 0.25) is 10.0 Å². The van der Waals surface area contributed by atoms with E-state index in [1.807, 2.05) is 30.3 Å². The van der Waals surface area contributed by atoms with Crippen molar-refractivity contribution >= 4 is 39.6 Å². The summed E-state index contributed by atoms with van der Waals surface area (Å²) in [6.45, 7) is 1.99. The van der Waals surface area contributed by atoms with Gasteiger partial charge < -0.3 is 14.1 Å². The van der Waals surface area contributed by atoms with E-state index in [-0.39, 0.29) is 28.5 Å². The van der Waals surface area contributed by atoms with Gasteiger partial charge >= 0.3 is 5.97 Å². The molecule has 1 amide bonds. The number of nitrogens with zero attached hydrogens (tertiary/aromatic N) is 1. The third-order valence-electron chi connectivity index (χ3n) is 5.90. The van der Waals surface area contributed by atoms with E-state index in [9.17, 15) is 18.0 Å². The Morgan fingerprint density at radius 1 is 1.08 bits per heavy atom. The molecule has 0 bridgehead atoms. The number of allylic oxidation sites excluding steroid dienone is 1. The van der Waals surface area contributed by atoms with Crippen LogP contribution in [0.15, 0.2) is 92.9 Å². The number of hydrogen-bond donors (Lipinski definition) is 1. The van der Waals surface area contributed by atoms with E-state index in [1.54, 1.807) is 24.0 Å². The Bertz CT molecular complexity index is 1470. The summed E-state index contributed by atoms with van der Waals surface area (Å²) in [6.07, 6.45) is 2.09. The molecule has 0 saturated carbocycles. The molecule has 0 atom stereocenters. The molecule has 192 valence electrons. The number of furan rings is 1. The van der Waals surface area contributed by atoms with Crippen LogP contribution in [0, 0.1) is 0 Å². The molecule has 1 aliphatic heterocycles. The molecule has 8 nitrogen and oxygen atoms in total. The predicted molar refractivity (Wildman–Crippen MR) is 139 cm³/mol. The maximum atomic E-state index is 13.3. The van der Waals surface area contributed by atoms with Crippen molar-refractivity contribution in [3.63, 3.8) is 0 Å². The van der Waals surface area contributed by atoms with E-state index in [1.165, 1.54) is 37.5 Å². The van der Waals surface area contributed by atoms with Gasteiger partial charge in [-0.15, -0.1) is 0 Å². The first-order chi connectivity index (χ1) is 17.7. The Hall–Kier alpha value is -3.66. The second-order valence-corrected chi connectivity index (χ2v) is 10.5. The molecule has 0 aliphatic carbocycles. The van der Waals surface area contributed by atoms with Gasteiger partial charge in [0, 0.05) is 17.3 Å². The van der Waals surface area contributed by atoms with E-state index >= 15 is 0 Å². The molecule has 4 rings (SSSR count). The minimum Gasteiger partial charge on any atom is -0.465 e. The zero-order valence-corrected chi connectivity index (χ0v) is 21.8. The number of amides is 1. The number of carbonyl (C=O) groups is 2. The lowest BCUT2D eigenvalue weighted by Crippen LogP contribution is -2.27. The van der Waals surface area contributed by atoms with E-state index in [0.29, 0.717) is 35.2 Å². The standard InChI is InChI=1S/C27H25ClN2O6S/c1-18-25(27(32)35-2)24(26(31)30(18)15-14-19-6-4-3-5-7-19)16-21-10-11-22(36-21)17-29-37(33,34)23-12-8-20(28)9-13-23/h3-13,16,29H,14-15,17H2,1-2H3/b24-16+. The van der Waals surface area contributed by atoms with Crippen molar-refractivity contribution in [1.29, 1.82) is 0 Å². The number of methoxy groups -OCH3 is 1. The van der Waals surface area contributed by atoms with Crippen LogP contribution in [0.25, 0.3) is 6.08 Å². The minimum absolute atomic E-state index is 0.0706. The summed E-state index contributed by atoms with van der Waals surface area (Å²) < 4.78 is 38.2. The molecule has 3 aromatic rings. The first-order valence-corrected chi connectivity index (χ1v) is 13.3. The quantitative estimate of drug-likeness (QED) is 0.320. The molecule has 0 fully saturated rings. The number of ether oxygens (including phenoxy) is 1. The number of benzene rings is 2. The topological polar surface area (TPSA) is 106 Å². The molecule has 1 aliphatic rings. The average Bonchev–Trinajstić information content (AvgIpc) is 3.44. The van der Waals surface area contributed by atoms with Crippen LogP contribution in [-0.4, -0.2) is 38.8 Å². The van der Waals surface area contributed by atoms with E-state index in [2.05, 4.69) is 4.72 Å². The number of hydrogen-bond acceptors (Lipinski definition) is 6. The second kappa shape index (κ2) is 11.2. The maximum absolute atomic E-state index is 13.3. The molecule has 1 aromatic heterocycles. The van der Waals surface area contributed by atoms with E-state index < -0.39 is 16.0 Å². The third-order valence-corrected chi connectivity index (χ3v) is 7.57. The third kappa shape index (κ3) is 6.02. The first-order valence-electron chi connectivity index (χ1n) is 11.4. The highest BCUT2D eigenvalue weighted by molar-refractivity contribution is 7.89. The highest BCUT2D eigenvalue weighted by atomic mass is 35.5. The molecule has 2 aromatic carbocycles. The van der Waals surface area contributed by atoms with Crippen LogP contribution in [-0.2, 0) is 37.3 Å². The van der Waals surface area contributed by atoms with Gasteiger partial charge in [-0.2, -0.15) is 0 Å². The van der Waals surface area contributed by atoms with Crippen molar-refractivity contribution < 1.29 is 27.2 Å². The molecule has 10 heteroatoms. The molecule has 0 saturated heterocycles. The molecule has 0 radical (unpaired) electrons. The van der Waals surface area contributed by atoms with Crippen LogP contribution in [0.4, 0.5) is 0 Å². The van der Waals surface area contributed by atoms with Crippen molar-refractivity contribution in [3.8, 4) is 0 Å². The summed E-state index contributed by atoms with van der Waals surface area (Å²) in [4.78, 5) is 27.5. The maximum Gasteiger partial charge on any atom is 0.340 e. The van der Waals surface area contributed by atoms with Crippen molar-refractivity contribution in [1.82, 2.24) is 9.62 Å². The number of carbonyl (C=O) groups excluding carboxylic acids is 2. The van der Waals surface area contributed by atoms with Crippen molar-refractivity contribution in [2.75, 3.05) is 13.7 Å². The number of sulfonamides is 1. The summed E-state index contributed by atoms with van der Waals surface area (Å²) in [7, 11) is -2.52. The Balaban J connectivity index is 1.52. The molecular formula is C27H25ClN2O6S. The van der Waals surface area contributed by atoms with Gasteiger partial charge in [-0.3, -0.25) is 4.79 Å². The van der Waals surface area contributed by atoms with Crippen molar-refractivity contribution in [2.24, 2.45) is 0 Å². The zero-order chi connectivity index (χ0) is 26.6. The SMILES string of the molecule is COC(=O)C1=C(C)N(CCc2ccccc2)C(=O)/C1=C/c1ccc(CNS(=O)(=O)c2ccc(Cl)cc2)o1. The number of rotatable bonds is 9. The highest BCUT2D eigenvalue weighted by Crippen LogP contribution is 2.32. The molecule has 37 heavy (non-hydrogen) atoms. The van der Waals surface area contributed by atoms with Gasteiger partial charge in [0.05, 0.1) is 29.7 Å². The molecule has 2 heterocycles. The van der Waals surface area contributed by atoms with Crippen LogP contribution in [0.2, 0.25) is 5.02 Å². The highest BCUT2D eigenvalue weighted by Gasteiger charge is 2.37. The number of halogens is 1. The van der Waals surface area contributed by atoms with Crippen LogP contribution in [0.5, 0.6) is 0 Å². The average molecular weight is 541 g/mol. The van der Waals surface area contributed by atoms with Gasteiger partial charge in [-0.1, -0.05) is 41.9 Å².